The maximum absolute atomic E-state index is 3.93. The van der Waals surface area contributed by atoms with E-state index < -0.39 is 0 Å². The van der Waals surface area contributed by atoms with Crippen LogP contribution in [0.2, 0.25) is 0 Å². The average Bonchev–Trinajstić information content (AvgIpc) is 2.50. The van der Waals surface area contributed by atoms with Crippen molar-refractivity contribution in [3.63, 3.8) is 0 Å². The highest BCUT2D eigenvalue weighted by molar-refractivity contribution is 4.89. The Morgan fingerprint density at radius 3 is 3.00 bits per heavy atom. The van der Waals surface area contributed by atoms with Crippen LogP contribution < -0.4 is 5.32 Å². The summed E-state index contributed by atoms with van der Waals surface area (Å²) in [5.74, 6) is 0.870. The zero-order valence-corrected chi connectivity index (χ0v) is 8.97. The summed E-state index contributed by atoms with van der Waals surface area (Å²) in [6.07, 6.45) is 2.52. The Kier molecular flexibility index (Phi) is 4.46. The molecule has 1 aliphatic rings. The maximum Gasteiger partial charge on any atom is 0.00224 e. The van der Waals surface area contributed by atoms with Gasteiger partial charge >= 0.3 is 0 Å². The van der Waals surface area contributed by atoms with Crippen molar-refractivity contribution in [3.05, 3.63) is 12.2 Å². The molecule has 0 saturated carbocycles. The van der Waals surface area contributed by atoms with Crippen molar-refractivity contribution in [2.45, 2.75) is 19.8 Å². The van der Waals surface area contributed by atoms with Crippen molar-refractivity contribution in [2.24, 2.45) is 5.92 Å². The van der Waals surface area contributed by atoms with Crippen LogP contribution in [-0.2, 0) is 0 Å². The Morgan fingerprint density at radius 2 is 2.38 bits per heavy atom. The molecule has 1 heterocycles. The van der Waals surface area contributed by atoms with Crippen molar-refractivity contribution >= 4 is 0 Å². The van der Waals surface area contributed by atoms with Crippen LogP contribution in [0.15, 0.2) is 12.2 Å². The van der Waals surface area contributed by atoms with E-state index in [-0.39, 0.29) is 0 Å². The molecule has 0 radical (unpaired) electrons. The lowest BCUT2D eigenvalue weighted by Crippen LogP contribution is -2.25. The van der Waals surface area contributed by atoms with E-state index in [9.17, 15) is 0 Å². The number of nitrogens with zero attached hydrogens (tertiary/aromatic N) is 1. The van der Waals surface area contributed by atoms with Crippen molar-refractivity contribution < 1.29 is 0 Å². The zero-order valence-electron chi connectivity index (χ0n) is 8.97. The van der Waals surface area contributed by atoms with E-state index >= 15 is 0 Å². The van der Waals surface area contributed by atoms with Crippen LogP contribution in [0.5, 0.6) is 0 Å². The first-order chi connectivity index (χ1) is 6.22. The van der Waals surface area contributed by atoms with Crippen LogP contribution in [0.3, 0.4) is 0 Å². The summed E-state index contributed by atoms with van der Waals surface area (Å²) >= 11 is 0. The van der Waals surface area contributed by atoms with Crippen LogP contribution in [0, 0.1) is 5.92 Å². The van der Waals surface area contributed by atoms with E-state index in [0.29, 0.717) is 0 Å². The van der Waals surface area contributed by atoms with Gasteiger partial charge in [0.15, 0.2) is 0 Å². The van der Waals surface area contributed by atoms with Gasteiger partial charge in [-0.05, 0) is 45.8 Å². The third-order valence-corrected chi connectivity index (χ3v) is 2.72. The third-order valence-electron chi connectivity index (χ3n) is 2.72. The normalized spacial score (nSPS) is 23.7. The Balaban J connectivity index is 2.13. The van der Waals surface area contributed by atoms with Gasteiger partial charge in [0.1, 0.15) is 0 Å². The fourth-order valence-corrected chi connectivity index (χ4v) is 1.92. The van der Waals surface area contributed by atoms with Gasteiger partial charge in [-0.3, -0.25) is 0 Å². The molecule has 1 fully saturated rings. The first-order valence-electron chi connectivity index (χ1n) is 5.23. The Labute approximate surface area is 82.0 Å². The lowest BCUT2D eigenvalue weighted by molar-refractivity contribution is 0.327. The zero-order chi connectivity index (χ0) is 9.68. The quantitative estimate of drug-likeness (QED) is 0.648. The molecule has 1 saturated heterocycles. The Morgan fingerprint density at radius 1 is 1.62 bits per heavy atom. The summed E-state index contributed by atoms with van der Waals surface area (Å²) in [6.45, 7) is 11.0. The highest BCUT2D eigenvalue weighted by atomic mass is 15.1. The maximum atomic E-state index is 3.93. The molecule has 0 aromatic rings. The second-order valence-electron chi connectivity index (χ2n) is 4.22. The Hall–Kier alpha value is -0.340. The van der Waals surface area contributed by atoms with Crippen LogP contribution in [0.4, 0.5) is 0 Å². The fraction of sp³-hybridized carbons (Fsp3) is 0.818. The van der Waals surface area contributed by atoms with E-state index in [2.05, 4.69) is 23.7 Å². The predicted octanol–water partition coefficient (Wildman–Crippen LogP) is 1.49. The van der Waals surface area contributed by atoms with Gasteiger partial charge in [0.05, 0.1) is 0 Å². The summed E-state index contributed by atoms with van der Waals surface area (Å²) in [6, 6.07) is 0. The monoisotopic (exact) mass is 182 g/mol. The first-order valence-corrected chi connectivity index (χ1v) is 5.23. The minimum Gasteiger partial charge on any atom is -0.319 e. The van der Waals surface area contributed by atoms with E-state index in [1.165, 1.54) is 38.2 Å². The van der Waals surface area contributed by atoms with E-state index in [4.69, 9.17) is 0 Å². The number of hydrogen-bond acceptors (Lipinski definition) is 2. The standard InChI is InChI=1S/C11H22N2/c1-10(2)4-6-13-7-5-11(9-13)8-12-3/h11-12H,1,4-9H2,2-3H3. The summed E-state index contributed by atoms with van der Waals surface area (Å²) in [5.41, 5.74) is 1.30. The lowest BCUT2D eigenvalue weighted by Gasteiger charge is -2.15. The van der Waals surface area contributed by atoms with Gasteiger partial charge in [0.2, 0.25) is 0 Å². The van der Waals surface area contributed by atoms with E-state index in [1.54, 1.807) is 0 Å². The van der Waals surface area contributed by atoms with Crippen molar-refractivity contribution in [1.29, 1.82) is 0 Å². The van der Waals surface area contributed by atoms with Gasteiger partial charge in [0, 0.05) is 13.1 Å². The Bertz CT molecular complexity index is 165. The van der Waals surface area contributed by atoms with Crippen LogP contribution in [0.25, 0.3) is 0 Å². The summed E-state index contributed by atoms with van der Waals surface area (Å²) < 4.78 is 0. The molecule has 13 heavy (non-hydrogen) atoms. The molecule has 76 valence electrons. The largest absolute Gasteiger partial charge is 0.319 e. The van der Waals surface area contributed by atoms with E-state index in [0.717, 1.165) is 12.3 Å². The summed E-state index contributed by atoms with van der Waals surface area (Å²) in [4.78, 5) is 2.55. The molecular weight excluding hydrogens is 160 g/mol. The first kappa shape index (κ1) is 10.7. The molecule has 0 amide bonds. The second-order valence-corrected chi connectivity index (χ2v) is 4.22. The van der Waals surface area contributed by atoms with Gasteiger partial charge in [-0.25, -0.2) is 0 Å². The van der Waals surface area contributed by atoms with Crippen molar-refractivity contribution in [3.8, 4) is 0 Å². The summed E-state index contributed by atoms with van der Waals surface area (Å²) in [5, 5.41) is 3.25. The third kappa shape index (κ3) is 3.92. The molecule has 0 aromatic heterocycles. The average molecular weight is 182 g/mol. The SMILES string of the molecule is C=C(C)CCN1CCC(CNC)C1. The molecule has 0 bridgehead atoms. The van der Waals surface area contributed by atoms with E-state index in [1.807, 2.05) is 7.05 Å². The molecule has 2 nitrogen and oxygen atoms in total. The number of likely N-dealkylation sites (tertiary alicyclic amines) is 1. The van der Waals surface area contributed by atoms with Crippen molar-refractivity contribution in [2.75, 3.05) is 33.2 Å². The predicted molar refractivity (Wildman–Crippen MR) is 57.9 cm³/mol. The number of rotatable bonds is 5. The van der Waals surface area contributed by atoms with Crippen LogP contribution in [0.1, 0.15) is 19.8 Å². The topological polar surface area (TPSA) is 15.3 Å². The molecule has 1 rings (SSSR count). The summed E-state index contributed by atoms with van der Waals surface area (Å²) in [7, 11) is 2.04. The molecule has 0 aliphatic carbocycles. The number of nitrogens with one attached hydrogen (secondary N) is 1. The molecule has 1 N–H and O–H groups in total. The molecule has 2 heteroatoms. The molecule has 0 aromatic carbocycles. The van der Waals surface area contributed by atoms with Gasteiger partial charge in [-0.2, -0.15) is 0 Å². The van der Waals surface area contributed by atoms with Crippen LogP contribution in [-0.4, -0.2) is 38.1 Å². The minimum absolute atomic E-state index is 0.870. The van der Waals surface area contributed by atoms with Gasteiger partial charge in [-0.1, -0.05) is 5.57 Å². The van der Waals surface area contributed by atoms with Gasteiger partial charge in [-0.15, -0.1) is 6.58 Å². The molecule has 0 spiro atoms. The van der Waals surface area contributed by atoms with Crippen molar-refractivity contribution in [1.82, 2.24) is 10.2 Å². The molecule has 1 unspecified atom stereocenters. The number of hydrogen-bond donors (Lipinski definition) is 1. The highest BCUT2D eigenvalue weighted by Crippen LogP contribution is 2.15. The van der Waals surface area contributed by atoms with Crippen LogP contribution >= 0.6 is 0 Å². The minimum atomic E-state index is 0.870. The smallest absolute Gasteiger partial charge is 0.00224 e. The fourth-order valence-electron chi connectivity index (χ4n) is 1.92. The molecular formula is C11H22N2. The lowest BCUT2D eigenvalue weighted by atomic mass is 10.1. The molecule has 1 aliphatic heterocycles. The highest BCUT2D eigenvalue weighted by Gasteiger charge is 2.20. The second kappa shape index (κ2) is 5.40. The van der Waals surface area contributed by atoms with Gasteiger partial charge in [0.25, 0.3) is 0 Å². The molecule has 1 atom stereocenters. The van der Waals surface area contributed by atoms with Gasteiger partial charge < -0.3 is 10.2 Å².